The van der Waals surface area contributed by atoms with Crippen molar-refractivity contribution < 1.29 is 13.9 Å². The van der Waals surface area contributed by atoms with E-state index in [-0.39, 0.29) is 12.3 Å². The zero-order chi connectivity index (χ0) is 20.9. The van der Waals surface area contributed by atoms with Gasteiger partial charge in [0.15, 0.2) is 0 Å². The molecule has 0 radical (unpaired) electrons. The first-order valence-electron chi connectivity index (χ1n) is 9.22. The number of amides is 1. The molecule has 8 heteroatoms. The monoisotopic (exact) mass is 403 g/mol. The molecule has 0 saturated carbocycles. The molecule has 30 heavy (non-hydrogen) atoms. The molecular formula is C22H18FN5O2. The van der Waals surface area contributed by atoms with Crippen LogP contribution in [0.2, 0.25) is 0 Å². The molecule has 0 unspecified atom stereocenters. The summed E-state index contributed by atoms with van der Waals surface area (Å²) < 4.78 is 21.3. The summed E-state index contributed by atoms with van der Waals surface area (Å²) in [7, 11) is 0. The molecule has 4 aromatic rings. The van der Waals surface area contributed by atoms with Gasteiger partial charge in [0.25, 0.3) is 0 Å². The van der Waals surface area contributed by atoms with E-state index < -0.39 is 5.82 Å². The van der Waals surface area contributed by atoms with E-state index in [2.05, 4.69) is 20.3 Å². The number of nitrogens with one attached hydrogen (secondary N) is 1. The van der Waals surface area contributed by atoms with Gasteiger partial charge in [-0.15, -0.1) is 0 Å². The Bertz CT molecular complexity index is 1170. The Kier molecular flexibility index (Phi) is 5.47. The molecule has 0 atom stereocenters. The molecule has 0 fully saturated rings. The maximum Gasteiger partial charge on any atom is 0.228 e. The second kappa shape index (κ2) is 8.52. The Morgan fingerprint density at radius 3 is 2.63 bits per heavy atom. The van der Waals surface area contributed by atoms with Gasteiger partial charge in [0.05, 0.1) is 6.42 Å². The highest BCUT2D eigenvalue weighted by molar-refractivity contribution is 5.92. The van der Waals surface area contributed by atoms with E-state index in [0.29, 0.717) is 28.7 Å². The molecule has 0 saturated heterocycles. The lowest BCUT2D eigenvalue weighted by atomic mass is 10.1. The SMILES string of the molecule is Cc1nccn1-c1cc(Oc2ccc(NC(=O)Cc3ccccc3F)cc2)ncn1. The smallest absolute Gasteiger partial charge is 0.228 e. The normalized spacial score (nSPS) is 10.6. The quantitative estimate of drug-likeness (QED) is 0.525. The van der Waals surface area contributed by atoms with Crippen LogP contribution < -0.4 is 10.1 Å². The largest absolute Gasteiger partial charge is 0.439 e. The summed E-state index contributed by atoms with van der Waals surface area (Å²) in [5, 5.41) is 2.75. The predicted octanol–water partition coefficient (Wildman–Crippen LogP) is 4.08. The van der Waals surface area contributed by atoms with Crippen molar-refractivity contribution in [3.8, 4) is 17.4 Å². The van der Waals surface area contributed by atoms with Gasteiger partial charge in [-0.05, 0) is 42.8 Å². The topological polar surface area (TPSA) is 81.9 Å². The molecule has 0 aliphatic carbocycles. The molecule has 2 aromatic carbocycles. The first kappa shape index (κ1) is 19.3. The second-order valence-electron chi connectivity index (χ2n) is 6.50. The van der Waals surface area contributed by atoms with Crippen LogP contribution in [0.3, 0.4) is 0 Å². The average Bonchev–Trinajstić information content (AvgIpc) is 3.17. The Morgan fingerprint density at radius 1 is 1.10 bits per heavy atom. The van der Waals surface area contributed by atoms with Crippen molar-refractivity contribution in [2.45, 2.75) is 13.3 Å². The van der Waals surface area contributed by atoms with Crippen LogP contribution in [0, 0.1) is 12.7 Å². The number of aromatic nitrogens is 4. The summed E-state index contributed by atoms with van der Waals surface area (Å²) in [4.78, 5) is 24.7. The number of carbonyl (C=O) groups excluding carboxylic acids is 1. The van der Waals surface area contributed by atoms with Crippen LogP contribution in [0.5, 0.6) is 11.6 Å². The summed E-state index contributed by atoms with van der Waals surface area (Å²) >= 11 is 0. The van der Waals surface area contributed by atoms with Crippen molar-refractivity contribution in [1.29, 1.82) is 0 Å². The van der Waals surface area contributed by atoms with Gasteiger partial charge >= 0.3 is 0 Å². The number of carbonyl (C=O) groups is 1. The van der Waals surface area contributed by atoms with Gasteiger partial charge in [-0.1, -0.05) is 18.2 Å². The van der Waals surface area contributed by atoms with Crippen molar-refractivity contribution in [3.05, 3.63) is 90.5 Å². The molecule has 2 aromatic heterocycles. The summed E-state index contributed by atoms with van der Waals surface area (Å²) in [6, 6.07) is 14.8. The number of benzene rings is 2. The van der Waals surface area contributed by atoms with E-state index in [9.17, 15) is 9.18 Å². The van der Waals surface area contributed by atoms with Crippen molar-refractivity contribution in [1.82, 2.24) is 19.5 Å². The van der Waals surface area contributed by atoms with Gasteiger partial charge in [-0.3, -0.25) is 9.36 Å². The molecule has 150 valence electrons. The fourth-order valence-electron chi connectivity index (χ4n) is 2.88. The van der Waals surface area contributed by atoms with Crippen LogP contribution in [0.1, 0.15) is 11.4 Å². The van der Waals surface area contributed by atoms with Crippen molar-refractivity contribution in [2.75, 3.05) is 5.32 Å². The van der Waals surface area contributed by atoms with Crippen LogP contribution in [-0.2, 0) is 11.2 Å². The van der Waals surface area contributed by atoms with Crippen LogP contribution in [0.15, 0.2) is 73.3 Å². The fourth-order valence-corrected chi connectivity index (χ4v) is 2.88. The highest BCUT2D eigenvalue weighted by atomic mass is 19.1. The summed E-state index contributed by atoms with van der Waals surface area (Å²) in [6.45, 7) is 1.88. The lowest BCUT2D eigenvalue weighted by Crippen LogP contribution is -2.15. The number of imidazole rings is 1. The van der Waals surface area contributed by atoms with E-state index in [1.807, 2.05) is 11.5 Å². The minimum Gasteiger partial charge on any atom is -0.439 e. The Hall–Kier alpha value is -4.07. The molecule has 1 amide bonds. The highest BCUT2D eigenvalue weighted by Gasteiger charge is 2.09. The zero-order valence-corrected chi connectivity index (χ0v) is 16.1. The number of anilines is 1. The van der Waals surface area contributed by atoms with Gasteiger partial charge < -0.3 is 10.1 Å². The molecule has 0 spiro atoms. The molecule has 7 nitrogen and oxygen atoms in total. The lowest BCUT2D eigenvalue weighted by Gasteiger charge is -2.09. The predicted molar refractivity (Wildman–Crippen MR) is 109 cm³/mol. The minimum absolute atomic E-state index is 0.0394. The number of aryl methyl sites for hydroxylation is 1. The average molecular weight is 403 g/mol. The van der Waals surface area contributed by atoms with Crippen LogP contribution in [-0.4, -0.2) is 25.4 Å². The molecule has 2 heterocycles. The summed E-state index contributed by atoms with van der Waals surface area (Å²) in [6.07, 6.45) is 4.88. The van der Waals surface area contributed by atoms with E-state index in [0.717, 1.165) is 5.82 Å². The Morgan fingerprint density at radius 2 is 1.90 bits per heavy atom. The number of ether oxygens (including phenoxy) is 1. The molecule has 0 bridgehead atoms. The fraction of sp³-hybridized carbons (Fsp3) is 0.0909. The first-order chi connectivity index (χ1) is 14.6. The van der Waals surface area contributed by atoms with E-state index in [1.165, 1.54) is 12.4 Å². The van der Waals surface area contributed by atoms with Gasteiger partial charge in [0.1, 0.15) is 29.5 Å². The van der Waals surface area contributed by atoms with Gasteiger partial charge in [0.2, 0.25) is 11.8 Å². The highest BCUT2D eigenvalue weighted by Crippen LogP contribution is 2.23. The molecule has 0 aliphatic rings. The molecular weight excluding hydrogens is 385 g/mol. The van der Waals surface area contributed by atoms with Gasteiger partial charge in [0, 0.05) is 24.1 Å². The van der Waals surface area contributed by atoms with Crippen LogP contribution in [0.25, 0.3) is 5.82 Å². The Labute approximate surface area is 172 Å². The number of hydrogen-bond acceptors (Lipinski definition) is 5. The maximum atomic E-state index is 13.7. The maximum absolute atomic E-state index is 13.7. The zero-order valence-electron chi connectivity index (χ0n) is 16.1. The van der Waals surface area contributed by atoms with E-state index >= 15 is 0 Å². The first-order valence-corrected chi connectivity index (χ1v) is 9.22. The standard InChI is InChI=1S/C22H18FN5O2/c1-15-24-10-11-28(15)20-13-22(26-14-25-20)30-18-8-6-17(7-9-18)27-21(29)12-16-4-2-3-5-19(16)23/h2-11,13-14H,12H2,1H3,(H,27,29). The second-order valence-corrected chi connectivity index (χ2v) is 6.50. The van der Waals surface area contributed by atoms with Crippen molar-refractivity contribution in [2.24, 2.45) is 0 Å². The number of rotatable bonds is 6. The minimum atomic E-state index is -0.397. The third kappa shape index (κ3) is 4.49. The number of halogens is 1. The molecule has 0 aliphatic heterocycles. The van der Waals surface area contributed by atoms with Crippen molar-refractivity contribution in [3.63, 3.8) is 0 Å². The van der Waals surface area contributed by atoms with E-state index in [1.54, 1.807) is 60.9 Å². The third-order valence-electron chi connectivity index (χ3n) is 4.37. The van der Waals surface area contributed by atoms with Crippen LogP contribution in [0.4, 0.5) is 10.1 Å². The van der Waals surface area contributed by atoms with Gasteiger partial charge in [-0.2, -0.15) is 0 Å². The third-order valence-corrected chi connectivity index (χ3v) is 4.37. The lowest BCUT2D eigenvalue weighted by molar-refractivity contribution is -0.115. The van der Waals surface area contributed by atoms with Crippen LogP contribution >= 0.6 is 0 Å². The summed E-state index contributed by atoms with van der Waals surface area (Å²) in [5.74, 6) is 1.68. The Balaban J connectivity index is 1.40. The number of nitrogens with zero attached hydrogens (tertiary/aromatic N) is 4. The molecule has 1 N–H and O–H groups in total. The van der Waals surface area contributed by atoms with E-state index in [4.69, 9.17) is 4.74 Å². The van der Waals surface area contributed by atoms with Gasteiger partial charge in [-0.25, -0.2) is 19.3 Å². The summed E-state index contributed by atoms with van der Waals surface area (Å²) in [5.41, 5.74) is 0.934. The number of hydrogen-bond donors (Lipinski definition) is 1. The molecule has 4 rings (SSSR count). The van der Waals surface area contributed by atoms with Crippen molar-refractivity contribution >= 4 is 11.6 Å².